The average Bonchev–Trinajstić information content (AvgIpc) is 2.94. The Morgan fingerprint density at radius 3 is 2.81 bits per heavy atom. The minimum absolute atomic E-state index is 0.0742. The summed E-state index contributed by atoms with van der Waals surface area (Å²) >= 11 is 0. The molecule has 1 aromatic heterocycles. The number of sulfonamides is 1. The Hall–Kier alpha value is -2.48. The molecule has 1 aliphatic rings. The van der Waals surface area contributed by atoms with E-state index < -0.39 is 10.0 Å². The monoisotopic (exact) mass is 307 g/mol. The molecule has 2 N–H and O–H groups in total. The summed E-state index contributed by atoms with van der Waals surface area (Å²) in [4.78, 5) is 3.93. The topological polar surface area (TPSA) is 89.6 Å². The number of nitrogens with one attached hydrogen (secondary N) is 2. The molecule has 2 heterocycles. The zero-order chi connectivity index (χ0) is 14.9. The molecule has 0 bridgehead atoms. The van der Waals surface area contributed by atoms with Crippen LogP contribution < -0.4 is 19.5 Å². The molecule has 8 heteroatoms. The Morgan fingerprint density at radius 2 is 2.00 bits per heavy atom. The highest BCUT2D eigenvalue weighted by molar-refractivity contribution is 7.92. The third-order valence-corrected chi connectivity index (χ3v) is 4.38. The van der Waals surface area contributed by atoms with Gasteiger partial charge in [-0.05, 0) is 18.2 Å². The van der Waals surface area contributed by atoms with Crippen molar-refractivity contribution in [2.45, 2.75) is 4.90 Å². The molecule has 110 valence electrons. The molecule has 0 amide bonds. The number of aromatic nitrogens is 1. The molecule has 0 saturated carbocycles. The van der Waals surface area contributed by atoms with Crippen LogP contribution in [0.1, 0.15) is 0 Å². The second-order valence-corrected chi connectivity index (χ2v) is 5.95. The van der Waals surface area contributed by atoms with Crippen molar-refractivity contribution in [1.82, 2.24) is 4.98 Å². The largest absolute Gasteiger partial charge is 0.454 e. The predicted molar refractivity (Wildman–Crippen MR) is 77.2 cm³/mol. The van der Waals surface area contributed by atoms with Gasteiger partial charge in [-0.1, -0.05) is 0 Å². The number of hydrogen-bond acceptors (Lipinski definition) is 6. The lowest BCUT2D eigenvalue weighted by Gasteiger charge is -2.11. The maximum Gasteiger partial charge on any atom is 0.265 e. The van der Waals surface area contributed by atoms with Gasteiger partial charge in [0.2, 0.25) is 6.79 Å². The fraction of sp³-hybridized carbons (Fsp3) is 0.154. The molecule has 0 atom stereocenters. The number of fused-ring (bicyclic) bond motifs is 1. The summed E-state index contributed by atoms with van der Waals surface area (Å²) in [6.07, 6.45) is 2.81. The molecule has 1 aliphatic heterocycles. The summed E-state index contributed by atoms with van der Waals surface area (Å²) in [6.45, 7) is 0.137. The van der Waals surface area contributed by atoms with Crippen LogP contribution in [0.4, 0.5) is 11.4 Å². The predicted octanol–water partition coefficient (Wildman–Crippen LogP) is 1.65. The zero-order valence-electron chi connectivity index (χ0n) is 11.2. The van der Waals surface area contributed by atoms with E-state index in [1.54, 1.807) is 31.3 Å². The summed E-state index contributed by atoms with van der Waals surface area (Å²) in [5, 5.41) is 2.83. The fourth-order valence-electron chi connectivity index (χ4n) is 1.97. The third-order valence-electron chi connectivity index (χ3n) is 2.97. The first-order valence-electron chi connectivity index (χ1n) is 6.14. The number of rotatable bonds is 4. The first kappa shape index (κ1) is 13.5. The van der Waals surface area contributed by atoms with E-state index in [1.807, 2.05) is 0 Å². The molecule has 0 fully saturated rings. The van der Waals surface area contributed by atoms with Gasteiger partial charge in [-0.2, -0.15) is 0 Å². The normalized spacial score (nSPS) is 13.0. The van der Waals surface area contributed by atoms with Crippen LogP contribution in [0.2, 0.25) is 0 Å². The summed E-state index contributed by atoms with van der Waals surface area (Å²) in [7, 11) is -2.10. The first-order valence-corrected chi connectivity index (χ1v) is 7.63. The van der Waals surface area contributed by atoms with Crippen LogP contribution in [0.5, 0.6) is 11.5 Å². The Kier molecular flexibility index (Phi) is 3.30. The van der Waals surface area contributed by atoms with E-state index in [4.69, 9.17) is 9.47 Å². The standard InChI is InChI=1S/C13H13N3O4S/c1-14-10-4-5-15-7-13(10)21(17,18)16-9-2-3-11-12(6-9)20-8-19-11/h2-7,16H,8H2,1H3,(H,14,15). The van der Waals surface area contributed by atoms with Crippen LogP contribution in [0.3, 0.4) is 0 Å². The molecule has 0 saturated heterocycles. The van der Waals surface area contributed by atoms with E-state index in [0.29, 0.717) is 22.9 Å². The van der Waals surface area contributed by atoms with Gasteiger partial charge in [-0.25, -0.2) is 8.42 Å². The quantitative estimate of drug-likeness (QED) is 0.893. The van der Waals surface area contributed by atoms with Gasteiger partial charge in [-0.3, -0.25) is 9.71 Å². The molecule has 21 heavy (non-hydrogen) atoms. The van der Waals surface area contributed by atoms with Crippen LogP contribution in [-0.2, 0) is 10.0 Å². The van der Waals surface area contributed by atoms with E-state index >= 15 is 0 Å². The molecule has 0 aliphatic carbocycles. The minimum atomic E-state index is -3.74. The van der Waals surface area contributed by atoms with Crippen molar-refractivity contribution in [3.05, 3.63) is 36.7 Å². The van der Waals surface area contributed by atoms with Crippen molar-refractivity contribution in [2.24, 2.45) is 0 Å². The van der Waals surface area contributed by atoms with Crippen molar-refractivity contribution in [2.75, 3.05) is 23.9 Å². The highest BCUT2D eigenvalue weighted by Crippen LogP contribution is 2.35. The van der Waals surface area contributed by atoms with E-state index in [1.165, 1.54) is 12.4 Å². The number of ether oxygens (including phenoxy) is 2. The molecular formula is C13H13N3O4S. The molecule has 1 aromatic carbocycles. The van der Waals surface area contributed by atoms with Crippen LogP contribution in [-0.4, -0.2) is 27.2 Å². The lowest BCUT2D eigenvalue weighted by molar-refractivity contribution is 0.174. The second-order valence-electron chi connectivity index (χ2n) is 4.30. The smallest absolute Gasteiger partial charge is 0.265 e. The van der Waals surface area contributed by atoms with Gasteiger partial charge in [0.15, 0.2) is 11.5 Å². The minimum Gasteiger partial charge on any atom is -0.454 e. The van der Waals surface area contributed by atoms with E-state index in [2.05, 4.69) is 15.0 Å². The van der Waals surface area contributed by atoms with E-state index in [-0.39, 0.29) is 11.7 Å². The molecule has 2 aromatic rings. The fourth-order valence-corrected chi connectivity index (χ4v) is 3.18. The first-order chi connectivity index (χ1) is 10.1. The third kappa shape index (κ3) is 2.57. The van der Waals surface area contributed by atoms with E-state index in [0.717, 1.165) is 0 Å². The summed E-state index contributed by atoms with van der Waals surface area (Å²) in [5.41, 5.74) is 0.864. The van der Waals surface area contributed by atoms with Crippen molar-refractivity contribution >= 4 is 21.4 Å². The molecule has 0 unspecified atom stereocenters. The van der Waals surface area contributed by atoms with Crippen molar-refractivity contribution in [3.8, 4) is 11.5 Å². The SMILES string of the molecule is CNc1ccncc1S(=O)(=O)Nc1ccc2c(c1)OCO2. The lowest BCUT2D eigenvalue weighted by Crippen LogP contribution is -2.15. The van der Waals surface area contributed by atoms with Crippen molar-refractivity contribution < 1.29 is 17.9 Å². The lowest BCUT2D eigenvalue weighted by atomic mass is 10.3. The Bertz CT molecular complexity index is 777. The summed E-state index contributed by atoms with van der Waals surface area (Å²) < 4.78 is 37.7. The van der Waals surface area contributed by atoms with Gasteiger partial charge >= 0.3 is 0 Å². The Balaban J connectivity index is 1.93. The van der Waals surface area contributed by atoms with Crippen LogP contribution >= 0.6 is 0 Å². The number of pyridine rings is 1. The van der Waals surface area contributed by atoms with Crippen LogP contribution in [0.25, 0.3) is 0 Å². The summed E-state index contributed by atoms with van der Waals surface area (Å²) in [5.74, 6) is 1.10. The maximum atomic E-state index is 12.4. The molecule has 0 radical (unpaired) electrons. The number of benzene rings is 1. The van der Waals surface area contributed by atoms with Gasteiger partial charge in [0, 0.05) is 25.5 Å². The second kappa shape index (κ2) is 5.13. The molecule has 7 nitrogen and oxygen atoms in total. The van der Waals surface area contributed by atoms with Gasteiger partial charge in [0.1, 0.15) is 4.90 Å². The maximum absolute atomic E-state index is 12.4. The van der Waals surface area contributed by atoms with Gasteiger partial charge < -0.3 is 14.8 Å². The zero-order valence-corrected chi connectivity index (χ0v) is 12.0. The highest BCUT2D eigenvalue weighted by atomic mass is 32.2. The van der Waals surface area contributed by atoms with Gasteiger partial charge in [-0.15, -0.1) is 0 Å². The van der Waals surface area contributed by atoms with Gasteiger partial charge in [0.25, 0.3) is 10.0 Å². The number of nitrogens with zero attached hydrogens (tertiary/aromatic N) is 1. The van der Waals surface area contributed by atoms with Crippen LogP contribution in [0.15, 0.2) is 41.6 Å². The van der Waals surface area contributed by atoms with Crippen molar-refractivity contribution in [3.63, 3.8) is 0 Å². The summed E-state index contributed by atoms with van der Waals surface area (Å²) in [6, 6.07) is 6.44. The van der Waals surface area contributed by atoms with E-state index in [9.17, 15) is 8.42 Å². The van der Waals surface area contributed by atoms with Crippen molar-refractivity contribution in [1.29, 1.82) is 0 Å². The average molecular weight is 307 g/mol. The van der Waals surface area contributed by atoms with Crippen LogP contribution in [0, 0.1) is 0 Å². The molecule has 0 spiro atoms. The highest BCUT2D eigenvalue weighted by Gasteiger charge is 2.20. The number of anilines is 2. The van der Waals surface area contributed by atoms with Gasteiger partial charge in [0.05, 0.1) is 11.4 Å². The molecular weight excluding hydrogens is 294 g/mol. The Morgan fingerprint density at radius 1 is 1.19 bits per heavy atom. The molecule has 3 rings (SSSR count). The Labute approximate surface area is 122 Å². The number of hydrogen-bond donors (Lipinski definition) is 2.